The molecule has 0 amide bonds. The van der Waals surface area contributed by atoms with Gasteiger partial charge in [-0.1, -0.05) is 40.7 Å². The number of sulfonamides is 1. The molecule has 1 aromatic carbocycles. The summed E-state index contributed by atoms with van der Waals surface area (Å²) >= 11 is 0. The van der Waals surface area contributed by atoms with Gasteiger partial charge in [0.05, 0.1) is 17.4 Å². The highest BCUT2D eigenvalue weighted by molar-refractivity contribution is 7.89. The Balaban J connectivity index is 3.65. The van der Waals surface area contributed by atoms with Gasteiger partial charge in [0.25, 0.3) is 0 Å². The fourth-order valence-electron chi connectivity index (χ4n) is 2.37. The van der Waals surface area contributed by atoms with Gasteiger partial charge in [0, 0.05) is 0 Å². The summed E-state index contributed by atoms with van der Waals surface area (Å²) in [6.07, 6.45) is 0.726. The molecule has 116 valence electrons. The van der Waals surface area contributed by atoms with E-state index in [1.54, 1.807) is 6.07 Å². The molecule has 1 aromatic rings. The Kier molecular flexibility index (Phi) is 5.19. The maximum Gasteiger partial charge on any atom is 0.238 e. The van der Waals surface area contributed by atoms with Crippen LogP contribution < -0.4 is 5.14 Å². The zero-order chi connectivity index (χ0) is 16.4. The standard InChI is InChI=1S/C16H24N2O2S/c1-6-14-12(7-8-17)9-13(11(2)16(3,4)5)10-15(14)21(18,19)20/h9-11H,6-7H2,1-5H3,(H2,18,19,20). The van der Waals surface area contributed by atoms with Crippen molar-refractivity contribution in [1.29, 1.82) is 5.26 Å². The van der Waals surface area contributed by atoms with Crippen LogP contribution in [0.2, 0.25) is 0 Å². The highest BCUT2D eigenvalue weighted by Crippen LogP contribution is 2.37. The molecule has 1 unspecified atom stereocenters. The molecule has 1 atom stereocenters. The maximum absolute atomic E-state index is 11.9. The van der Waals surface area contributed by atoms with E-state index in [4.69, 9.17) is 10.4 Å². The highest BCUT2D eigenvalue weighted by atomic mass is 32.2. The Morgan fingerprint density at radius 1 is 1.33 bits per heavy atom. The van der Waals surface area contributed by atoms with Crippen LogP contribution in [-0.2, 0) is 22.9 Å². The number of nitrogens with zero attached hydrogens (tertiary/aromatic N) is 1. The molecule has 1 rings (SSSR count). The predicted octanol–water partition coefficient (Wildman–Crippen LogP) is 3.11. The third-order valence-electron chi connectivity index (χ3n) is 4.05. The molecule has 0 spiro atoms. The SMILES string of the molecule is CCc1c(CC#N)cc(C(C)C(C)(C)C)cc1S(N)(=O)=O. The molecule has 0 saturated carbocycles. The lowest BCUT2D eigenvalue weighted by Crippen LogP contribution is -2.19. The lowest BCUT2D eigenvalue weighted by Gasteiger charge is -2.29. The Labute approximate surface area is 128 Å². The quantitative estimate of drug-likeness (QED) is 0.927. The summed E-state index contributed by atoms with van der Waals surface area (Å²) in [6, 6.07) is 5.73. The van der Waals surface area contributed by atoms with E-state index in [0.717, 1.165) is 11.1 Å². The molecule has 0 aliphatic heterocycles. The topological polar surface area (TPSA) is 83.9 Å². The van der Waals surface area contributed by atoms with Gasteiger partial charge >= 0.3 is 0 Å². The van der Waals surface area contributed by atoms with E-state index in [0.29, 0.717) is 12.0 Å². The van der Waals surface area contributed by atoms with E-state index in [-0.39, 0.29) is 22.6 Å². The van der Waals surface area contributed by atoms with Crippen LogP contribution in [0.3, 0.4) is 0 Å². The second-order valence-corrected chi connectivity index (χ2v) is 8.01. The molecule has 4 nitrogen and oxygen atoms in total. The Morgan fingerprint density at radius 3 is 2.29 bits per heavy atom. The molecule has 0 heterocycles. The fourth-order valence-corrected chi connectivity index (χ4v) is 3.29. The van der Waals surface area contributed by atoms with Gasteiger partial charge in [0.15, 0.2) is 0 Å². The lowest BCUT2D eigenvalue weighted by molar-refractivity contribution is 0.339. The molecule has 0 saturated heterocycles. The Hall–Kier alpha value is -1.38. The maximum atomic E-state index is 11.9. The number of nitrogens with two attached hydrogens (primary N) is 1. The summed E-state index contributed by atoms with van der Waals surface area (Å²) in [5.74, 6) is 0.154. The van der Waals surface area contributed by atoms with Gasteiger partial charge in [-0.2, -0.15) is 5.26 Å². The van der Waals surface area contributed by atoms with E-state index < -0.39 is 10.0 Å². The number of rotatable bonds is 4. The van der Waals surface area contributed by atoms with Crippen LogP contribution in [-0.4, -0.2) is 8.42 Å². The van der Waals surface area contributed by atoms with Crippen molar-refractivity contribution < 1.29 is 8.42 Å². The van der Waals surface area contributed by atoms with Gasteiger partial charge in [-0.15, -0.1) is 0 Å². The Morgan fingerprint density at radius 2 is 1.90 bits per heavy atom. The molecule has 0 aliphatic rings. The first-order chi connectivity index (χ1) is 9.52. The number of primary sulfonamides is 1. The average molecular weight is 308 g/mol. The monoisotopic (exact) mass is 308 g/mol. The summed E-state index contributed by atoms with van der Waals surface area (Å²) in [4.78, 5) is 0.156. The molecular formula is C16H24N2O2S. The fraction of sp³-hybridized carbons (Fsp3) is 0.562. The van der Waals surface area contributed by atoms with Crippen molar-refractivity contribution in [3.05, 3.63) is 28.8 Å². The van der Waals surface area contributed by atoms with Gasteiger partial charge in [-0.3, -0.25) is 0 Å². The van der Waals surface area contributed by atoms with E-state index >= 15 is 0 Å². The minimum absolute atomic E-state index is 0.00667. The lowest BCUT2D eigenvalue weighted by atomic mass is 9.77. The molecule has 0 fully saturated rings. The Bertz CT molecular complexity index is 665. The van der Waals surface area contributed by atoms with Crippen LogP contribution in [0.1, 0.15) is 57.2 Å². The van der Waals surface area contributed by atoms with Gasteiger partial charge in [-0.05, 0) is 40.5 Å². The summed E-state index contributed by atoms with van der Waals surface area (Å²) in [7, 11) is -3.80. The molecular weight excluding hydrogens is 284 g/mol. The summed E-state index contributed by atoms with van der Waals surface area (Å²) < 4.78 is 23.8. The minimum Gasteiger partial charge on any atom is -0.225 e. The number of hydrogen-bond acceptors (Lipinski definition) is 3. The van der Waals surface area contributed by atoms with Crippen molar-refractivity contribution in [3.8, 4) is 6.07 Å². The van der Waals surface area contributed by atoms with E-state index in [1.807, 2.05) is 13.0 Å². The van der Waals surface area contributed by atoms with Crippen LogP contribution in [0.25, 0.3) is 0 Å². The third kappa shape index (κ3) is 4.05. The number of nitriles is 1. The number of benzene rings is 1. The normalized spacial score (nSPS) is 13.8. The molecule has 2 N–H and O–H groups in total. The molecule has 0 radical (unpaired) electrons. The molecule has 5 heteroatoms. The molecule has 0 aliphatic carbocycles. The van der Waals surface area contributed by atoms with Gasteiger partial charge in [0.1, 0.15) is 0 Å². The van der Waals surface area contributed by atoms with Crippen LogP contribution >= 0.6 is 0 Å². The predicted molar refractivity (Wildman–Crippen MR) is 84.4 cm³/mol. The van der Waals surface area contributed by atoms with E-state index in [9.17, 15) is 8.42 Å². The third-order valence-corrected chi connectivity index (χ3v) is 5.03. The van der Waals surface area contributed by atoms with Crippen molar-refractivity contribution in [2.75, 3.05) is 0 Å². The van der Waals surface area contributed by atoms with Crippen molar-refractivity contribution in [2.45, 2.75) is 58.3 Å². The molecule has 0 aromatic heterocycles. The van der Waals surface area contributed by atoms with Gasteiger partial charge in [-0.25, -0.2) is 13.6 Å². The van der Waals surface area contributed by atoms with Crippen LogP contribution in [0.5, 0.6) is 0 Å². The molecule has 21 heavy (non-hydrogen) atoms. The first-order valence-electron chi connectivity index (χ1n) is 7.07. The van der Waals surface area contributed by atoms with E-state index in [1.165, 1.54) is 0 Å². The summed E-state index contributed by atoms with van der Waals surface area (Å²) in [6.45, 7) is 10.2. The van der Waals surface area contributed by atoms with Crippen molar-refractivity contribution in [1.82, 2.24) is 0 Å². The first kappa shape index (κ1) is 17.7. The van der Waals surface area contributed by atoms with Gasteiger partial charge in [0.2, 0.25) is 10.0 Å². The minimum atomic E-state index is -3.80. The molecule has 0 bridgehead atoms. The largest absolute Gasteiger partial charge is 0.238 e. The zero-order valence-electron chi connectivity index (χ0n) is 13.4. The second kappa shape index (κ2) is 6.17. The summed E-state index contributed by atoms with van der Waals surface area (Å²) in [5, 5.41) is 14.4. The first-order valence-corrected chi connectivity index (χ1v) is 8.62. The van der Waals surface area contributed by atoms with Crippen LogP contribution in [0.15, 0.2) is 17.0 Å². The second-order valence-electron chi connectivity index (χ2n) is 6.48. The highest BCUT2D eigenvalue weighted by Gasteiger charge is 2.25. The van der Waals surface area contributed by atoms with E-state index in [2.05, 4.69) is 33.8 Å². The van der Waals surface area contributed by atoms with Crippen LogP contribution in [0.4, 0.5) is 0 Å². The van der Waals surface area contributed by atoms with Crippen molar-refractivity contribution in [3.63, 3.8) is 0 Å². The number of hydrogen-bond donors (Lipinski definition) is 1. The van der Waals surface area contributed by atoms with Crippen molar-refractivity contribution >= 4 is 10.0 Å². The summed E-state index contributed by atoms with van der Waals surface area (Å²) in [5.41, 5.74) is 2.32. The van der Waals surface area contributed by atoms with Crippen molar-refractivity contribution in [2.24, 2.45) is 10.6 Å². The zero-order valence-corrected chi connectivity index (χ0v) is 14.2. The smallest absolute Gasteiger partial charge is 0.225 e. The average Bonchev–Trinajstić information content (AvgIpc) is 2.35. The van der Waals surface area contributed by atoms with Gasteiger partial charge < -0.3 is 0 Å². The van der Waals surface area contributed by atoms with Crippen LogP contribution in [0, 0.1) is 16.7 Å².